The molecule has 0 radical (unpaired) electrons. The molecule has 3 rings (SSSR count). The number of nitrogens with one attached hydrogen (secondary N) is 2. The van der Waals surface area contributed by atoms with Gasteiger partial charge in [0, 0.05) is 30.2 Å². The van der Waals surface area contributed by atoms with Crippen LogP contribution in [0.5, 0.6) is 0 Å². The zero-order chi connectivity index (χ0) is 13.1. The Bertz CT molecular complexity index is 562. The van der Waals surface area contributed by atoms with Crippen molar-refractivity contribution in [3.8, 4) is 0 Å². The van der Waals surface area contributed by atoms with E-state index in [2.05, 4.69) is 40.7 Å². The first kappa shape index (κ1) is 12.6. The summed E-state index contributed by atoms with van der Waals surface area (Å²) < 4.78 is 0. The summed E-state index contributed by atoms with van der Waals surface area (Å²) in [5.74, 6) is 0. The topological polar surface area (TPSA) is 37.0 Å². The molecule has 0 atom stereocenters. The van der Waals surface area contributed by atoms with Gasteiger partial charge in [-0.05, 0) is 37.0 Å². The van der Waals surface area contributed by atoms with Gasteiger partial charge in [-0.2, -0.15) is 0 Å². The van der Waals surface area contributed by atoms with E-state index < -0.39 is 0 Å². The lowest BCUT2D eigenvalue weighted by molar-refractivity contribution is 0.695. The van der Waals surface area contributed by atoms with Crippen LogP contribution in [0.25, 0.3) is 0 Å². The fourth-order valence-corrected chi connectivity index (χ4v) is 3.20. The first-order chi connectivity index (χ1) is 9.33. The van der Waals surface area contributed by atoms with Gasteiger partial charge in [-0.15, -0.1) is 11.3 Å². The monoisotopic (exact) mass is 273 g/mol. The maximum absolute atomic E-state index is 4.27. The third-order valence-electron chi connectivity index (χ3n) is 3.57. The van der Waals surface area contributed by atoms with Crippen LogP contribution in [-0.2, 0) is 19.5 Å². The molecule has 0 saturated carbocycles. The SMILES string of the molecule is Cc1ncsc1CNCc1ccc2c(c1)CCCN2. The van der Waals surface area contributed by atoms with E-state index in [1.165, 1.54) is 34.5 Å². The van der Waals surface area contributed by atoms with Crippen molar-refractivity contribution in [1.82, 2.24) is 10.3 Å². The molecule has 1 aliphatic rings. The third kappa shape index (κ3) is 2.96. The van der Waals surface area contributed by atoms with Gasteiger partial charge in [-0.1, -0.05) is 12.1 Å². The van der Waals surface area contributed by atoms with E-state index in [0.29, 0.717) is 0 Å². The van der Waals surface area contributed by atoms with Gasteiger partial charge >= 0.3 is 0 Å². The van der Waals surface area contributed by atoms with Crippen molar-refractivity contribution < 1.29 is 0 Å². The number of aryl methyl sites for hydroxylation is 2. The van der Waals surface area contributed by atoms with Crippen LogP contribution in [0, 0.1) is 6.92 Å². The molecule has 4 heteroatoms. The van der Waals surface area contributed by atoms with Crippen LogP contribution in [0.3, 0.4) is 0 Å². The van der Waals surface area contributed by atoms with Gasteiger partial charge in [-0.25, -0.2) is 4.98 Å². The Morgan fingerprint density at radius 2 is 2.32 bits per heavy atom. The summed E-state index contributed by atoms with van der Waals surface area (Å²) in [6.07, 6.45) is 2.44. The largest absolute Gasteiger partial charge is 0.385 e. The van der Waals surface area contributed by atoms with Gasteiger partial charge < -0.3 is 10.6 Å². The van der Waals surface area contributed by atoms with Crippen molar-refractivity contribution in [3.05, 3.63) is 45.4 Å². The summed E-state index contributed by atoms with van der Waals surface area (Å²) in [6, 6.07) is 6.75. The number of thiazole rings is 1. The molecule has 100 valence electrons. The maximum Gasteiger partial charge on any atom is 0.0798 e. The molecule has 0 bridgehead atoms. The van der Waals surface area contributed by atoms with Crippen LogP contribution in [-0.4, -0.2) is 11.5 Å². The Morgan fingerprint density at radius 1 is 1.37 bits per heavy atom. The highest BCUT2D eigenvalue weighted by atomic mass is 32.1. The fourth-order valence-electron chi connectivity index (χ4n) is 2.45. The van der Waals surface area contributed by atoms with Crippen LogP contribution in [0.4, 0.5) is 5.69 Å². The van der Waals surface area contributed by atoms with E-state index in [1.54, 1.807) is 11.3 Å². The van der Waals surface area contributed by atoms with Crippen LogP contribution < -0.4 is 10.6 Å². The molecule has 0 aliphatic carbocycles. The lowest BCUT2D eigenvalue weighted by Crippen LogP contribution is -2.15. The number of fused-ring (bicyclic) bond motifs is 1. The fraction of sp³-hybridized carbons (Fsp3) is 0.400. The molecule has 0 fully saturated rings. The zero-order valence-electron chi connectivity index (χ0n) is 11.2. The maximum atomic E-state index is 4.27. The van der Waals surface area contributed by atoms with Gasteiger partial charge in [0.15, 0.2) is 0 Å². The summed E-state index contributed by atoms with van der Waals surface area (Å²) in [6.45, 7) is 5.00. The summed E-state index contributed by atoms with van der Waals surface area (Å²) in [7, 11) is 0. The van der Waals surface area contributed by atoms with Gasteiger partial charge in [0.2, 0.25) is 0 Å². The predicted octanol–water partition coefficient (Wildman–Crippen LogP) is 3.10. The van der Waals surface area contributed by atoms with E-state index in [-0.39, 0.29) is 0 Å². The van der Waals surface area contributed by atoms with Crippen molar-refractivity contribution in [2.75, 3.05) is 11.9 Å². The van der Waals surface area contributed by atoms with Crippen LogP contribution in [0.15, 0.2) is 23.7 Å². The second-order valence-corrected chi connectivity index (χ2v) is 5.93. The predicted molar refractivity (Wildman–Crippen MR) is 80.6 cm³/mol. The number of rotatable bonds is 4. The number of aromatic nitrogens is 1. The lowest BCUT2D eigenvalue weighted by atomic mass is 10.0. The first-order valence-electron chi connectivity index (χ1n) is 6.78. The third-order valence-corrected chi connectivity index (χ3v) is 4.50. The quantitative estimate of drug-likeness (QED) is 0.899. The molecule has 0 unspecified atom stereocenters. The van der Waals surface area contributed by atoms with Crippen LogP contribution in [0.2, 0.25) is 0 Å². The molecular formula is C15H19N3S. The molecule has 19 heavy (non-hydrogen) atoms. The van der Waals surface area contributed by atoms with Crippen molar-refractivity contribution in [2.24, 2.45) is 0 Å². The van der Waals surface area contributed by atoms with Crippen molar-refractivity contribution in [2.45, 2.75) is 32.9 Å². The second kappa shape index (κ2) is 5.72. The average molecular weight is 273 g/mol. The standard InChI is InChI=1S/C15H19N3S/c1-11-15(19-10-18-11)9-16-8-12-4-5-14-13(7-12)3-2-6-17-14/h4-5,7,10,16-17H,2-3,6,8-9H2,1H3. The van der Waals surface area contributed by atoms with E-state index >= 15 is 0 Å². The van der Waals surface area contributed by atoms with E-state index in [9.17, 15) is 0 Å². The number of benzene rings is 1. The molecule has 0 saturated heterocycles. The minimum Gasteiger partial charge on any atom is -0.385 e. The van der Waals surface area contributed by atoms with Gasteiger partial charge in [-0.3, -0.25) is 0 Å². The van der Waals surface area contributed by atoms with Crippen molar-refractivity contribution in [1.29, 1.82) is 0 Å². The summed E-state index contributed by atoms with van der Waals surface area (Å²) in [4.78, 5) is 5.60. The van der Waals surface area contributed by atoms with Crippen LogP contribution >= 0.6 is 11.3 Å². The highest BCUT2D eigenvalue weighted by Gasteiger charge is 2.08. The Morgan fingerprint density at radius 3 is 3.16 bits per heavy atom. The summed E-state index contributed by atoms with van der Waals surface area (Å²) >= 11 is 1.72. The Kier molecular flexibility index (Phi) is 3.80. The lowest BCUT2D eigenvalue weighted by Gasteiger charge is -2.18. The normalized spacial score (nSPS) is 13.9. The molecular weight excluding hydrogens is 254 g/mol. The molecule has 2 heterocycles. The molecule has 1 aromatic heterocycles. The smallest absolute Gasteiger partial charge is 0.0798 e. The van der Waals surface area contributed by atoms with Crippen LogP contribution in [0.1, 0.15) is 28.1 Å². The molecule has 3 nitrogen and oxygen atoms in total. The van der Waals surface area contributed by atoms with Crippen molar-refractivity contribution in [3.63, 3.8) is 0 Å². The molecule has 1 aliphatic heterocycles. The first-order valence-corrected chi connectivity index (χ1v) is 7.66. The molecule has 0 amide bonds. The zero-order valence-corrected chi connectivity index (χ0v) is 12.0. The molecule has 2 N–H and O–H groups in total. The average Bonchev–Trinajstić information content (AvgIpc) is 2.84. The van der Waals surface area contributed by atoms with Crippen molar-refractivity contribution >= 4 is 17.0 Å². The van der Waals surface area contributed by atoms with Gasteiger partial charge in [0.25, 0.3) is 0 Å². The Labute approximate surface area is 118 Å². The number of hydrogen-bond acceptors (Lipinski definition) is 4. The molecule has 1 aromatic carbocycles. The molecule has 0 spiro atoms. The minimum atomic E-state index is 0.909. The van der Waals surface area contributed by atoms with E-state index in [0.717, 1.165) is 25.3 Å². The summed E-state index contributed by atoms with van der Waals surface area (Å²) in [5, 5.41) is 6.95. The molecule has 2 aromatic rings. The summed E-state index contributed by atoms with van der Waals surface area (Å²) in [5.41, 5.74) is 7.20. The Balaban J connectivity index is 1.59. The van der Waals surface area contributed by atoms with Gasteiger partial charge in [0.1, 0.15) is 0 Å². The van der Waals surface area contributed by atoms with E-state index in [4.69, 9.17) is 0 Å². The van der Waals surface area contributed by atoms with Gasteiger partial charge in [0.05, 0.1) is 11.2 Å². The highest BCUT2D eigenvalue weighted by molar-refractivity contribution is 7.09. The second-order valence-electron chi connectivity index (χ2n) is 4.99. The highest BCUT2D eigenvalue weighted by Crippen LogP contribution is 2.23. The minimum absolute atomic E-state index is 0.909. The number of nitrogens with zero attached hydrogens (tertiary/aromatic N) is 1. The number of anilines is 1. The van der Waals surface area contributed by atoms with E-state index in [1.807, 2.05) is 5.51 Å². The Hall–Kier alpha value is -1.39. The number of hydrogen-bond donors (Lipinski definition) is 2.